The molecule has 1 aliphatic carbocycles. The summed E-state index contributed by atoms with van der Waals surface area (Å²) in [6.07, 6.45) is 15.6. The smallest absolute Gasteiger partial charge is 0.114 e. The Morgan fingerprint density at radius 1 is 0.867 bits per heavy atom. The molecule has 4 nitrogen and oxygen atoms in total. The molecule has 1 N–H and O–H groups in total. The third-order valence-corrected chi connectivity index (χ3v) is 8.72. The van der Waals surface area contributed by atoms with E-state index in [2.05, 4.69) is 39.0 Å². The Kier molecular flexibility index (Phi) is 5.32. The number of rotatable bonds is 4. The quantitative estimate of drug-likeness (QED) is 0.704. The second kappa shape index (κ2) is 8.27. The van der Waals surface area contributed by atoms with Gasteiger partial charge in [0.05, 0.1) is 11.0 Å². The van der Waals surface area contributed by atoms with E-state index in [4.69, 9.17) is 4.98 Å². The molecule has 3 aliphatic heterocycles. The first-order valence-electron chi connectivity index (χ1n) is 12.8. The Morgan fingerprint density at radius 2 is 1.63 bits per heavy atom. The average Bonchev–Trinajstić information content (AvgIpc) is 3.41. The van der Waals surface area contributed by atoms with E-state index in [1.165, 1.54) is 94.0 Å². The molecule has 1 saturated carbocycles. The lowest BCUT2D eigenvalue weighted by Gasteiger charge is -2.41. The van der Waals surface area contributed by atoms with Crippen molar-refractivity contribution in [2.45, 2.75) is 94.7 Å². The largest absolute Gasteiger partial charge is 0.324 e. The Bertz CT molecular complexity index is 845. The molecule has 0 radical (unpaired) electrons. The SMILES string of the molecule is c1ccc2c(c1)nc(C1CCNC1)n2C1CC2CCC(C1)N2CC1CCCCCC1. The number of fused-ring (bicyclic) bond motifs is 3. The van der Waals surface area contributed by atoms with Crippen LogP contribution in [0.2, 0.25) is 0 Å². The molecule has 30 heavy (non-hydrogen) atoms. The molecule has 6 rings (SSSR count). The van der Waals surface area contributed by atoms with Gasteiger partial charge in [-0.15, -0.1) is 0 Å². The van der Waals surface area contributed by atoms with Crippen LogP contribution in [0.25, 0.3) is 11.0 Å². The highest BCUT2D eigenvalue weighted by atomic mass is 15.2. The van der Waals surface area contributed by atoms with E-state index in [1.807, 2.05) is 0 Å². The van der Waals surface area contributed by atoms with Crippen LogP contribution in [0, 0.1) is 5.92 Å². The van der Waals surface area contributed by atoms with Crippen LogP contribution in [0.4, 0.5) is 0 Å². The maximum absolute atomic E-state index is 5.17. The van der Waals surface area contributed by atoms with Crippen LogP contribution in [-0.4, -0.2) is 46.2 Å². The van der Waals surface area contributed by atoms with Gasteiger partial charge in [-0.05, 0) is 69.5 Å². The van der Waals surface area contributed by atoms with Gasteiger partial charge in [0.15, 0.2) is 0 Å². The highest BCUT2D eigenvalue weighted by Gasteiger charge is 2.43. The molecule has 0 amide bonds. The lowest BCUT2D eigenvalue weighted by Crippen LogP contribution is -2.45. The van der Waals surface area contributed by atoms with E-state index in [0.29, 0.717) is 12.0 Å². The third-order valence-electron chi connectivity index (χ3n) is 8.72. The fourth-order valence-corrected chi connectivity index (χ4v) is 7.21. The lowest BCUT2D eigenvalue weighted by atomic mass is 9.92. The lowest BCUT2D eigenvalue weighted by molar-refractivity contribution is 0.0855. The molecule has 4 heteroatoms. The summed E-state index contributed by atoms with van der Waals surface area (Å²) in [5.74, 6) is 2.91. The number of benzene rings is 1. The molecule has 4 fully saturated rings. The van der Waals surface area contributed by atoms with Crippen molar-refractivity contribution in [3.8, 4) is 0 Å². The second-order valence-corrected chi connectivity index (χ2v) is 10.6. The summed E-state index contributed by atoms with van der Waals surface area (Å²) in [6, 6.07) is 11.1. The summed E-state index contributed by atoms with van der Waals surface area (Å²) in [5, 5.41) is 3.57. The van der Waals surface area contributed by atoms with Gasteiger partial charge in [0.2, 0.25) is 0 Å². The summed E-state index contributed by atoms with van der Waals surface area (Å²) in [7, 11) is 0. The van der Waals surface area contributed by atoms with Gasteiger partial charge >= 0.3 is 0 Å². The summed E-state index contributed by atoms with van der Waals surface area (Å²) in [4.78, 5) is 8.13. The Hall–Kier alpha value is -1.39. The van der Waals surface area contributed by atoms with Crippen molar-refractivity contribution in [1.29, 1.82) is 0 Å². The van der Waals surface area contributed by atoms with Crippen molar-refractivity contribution in [3.63, 3.8) is 0 Å². The van der Waals surface area contributed by atoms with Crippen LogP contribution in [-0.2, 0) is 0 Å². The zero-order valence-electron chi connectivity index (χ0n) is 18.4. The fourth-order valence-electron chi connectivity index (χ4n) is 7.21. The number of nitrogens with zero attached hydrogens (tertiary/aromatic N) is 3. The van der Waals surface area contributed by atoms with E-state index >= 15 is 0 Å². The van der Waals surface area contributed by atoms with E-state index in [1.54, 1.807) is 0 Å². The molecule has 162 valence electrons. The highest BCUT2D eigenvalue weighted by Crippen LogP contribution is 2.44. The van der Waals surface area contributed by atoms with Crippen LogP contribution in [0.1, 0.15) is 88.4 Å². The average molecular weight is 407 g/mol. The van der Waals surface area contributed by atoms with Crippen molar-refractivity contribution in [2.75, 3.05) is 19.6 Å². The maximum Gasteiger partial charge on any atom is 0.114 e. The molecule has 1 aromatic carbocycles. The van der Waals surface area contributed by atoms with E-state index in [-0.39, 0.29) is 0 Å². The molecular formula is C26H38N4. The van der Waals surface area contributed by atoms with Gasteiger partial charge in [-0.3, -0.25) is 4.90 Å². The van der Waals surface area contributed by atoms with Crippen LogP contribution in [0.5, 0.6) is 0 Å². The normalized spacial score (nSPS) is 33.3. The number of hydrogen-bond acceptors (Lipinski definition) is 3. The van der Waals surface area contributed by atoms with E-state index in [9.17, 15) is 0 Å². The molecular weight excluding hydrogens is 368 g/mol. The minimum Gasteiger partial charge on any atom is -0.324 e. The van der Waals surface area contributed by atoms with Gasteiger partial charge < -0.3 is 9.88 Å². The summed E-state index contributed by atoms with van der Waals surface area (Å²) in [6.45, 7) is 3.61. The molecule has 1 aromatic heterocycles. The van der Waals surface area contributed by atoms with Crippen LogP contribution >= 0.6 is 0 Å². The molecule has 4 aliphatic rings. The first-order chi connectivity index (χ1) is 14.9. The monoisotopic (exact) mass is 406 g/mol. The van der Waals surface area contributed by atoms with Crippen LogP contribution in [0.3, 0.4) is 0 Å². The maximum atomic E-state index is 5.17. The number of aromatic nitrogens is 2. The highest BCUT2D eigenvalue weighted by molar-refractivity contribution is 5.76. The van der Waals surface area contributed by atoms with E-state index < -0.39 is 0 Å². The predicted octanol–water partition coefficient (Wildman–Crippen LogP) is 5.25. The van der Waals surface area contributed by atoms with Gasteiger partial charge in [-0.25, -0.2) is 4.98 Å². The van der Waals surface area contributed by atoms with E-state index in [0.717, 1.165) is 31.1 Å². The van der Waals surface area contributed by atoms with Crippen molar-refractivity contribution >= 4 is 11.0 Å². The number of para-hydroxylation sites is 2. The Balaban J connectivity index is 1.26. The van der Waals surface area contributed by atoms with Crippen LogP contribution < -0.4 is 5.32 Å². The second-order valence-electron chi connectivity index (χ2n) is 10.6. The minimum atomic E-state index is 0.582. The van der Waals surface area contributed by atoms with Crippen LogP contribution in [0.15, 0.2) is 24.3 Å². The molecule has 2 aromatic rings. The van der Waals surface area contributed by atoms with Gasteiger partial charge in [0, 0.05) is 37.1 Å². The molecule has 0 spiro atoms. The molecule has 3 atom stereocenters. The zero-order valence-corrected chi connectivity index (χ0v) is 18.4. The first-order valence-corrected chi connectivity index (χ1v) is 12.8. The topological polar surface area (TPSA) is 33.1 Å². The molecule has 3 unspecified atom stereocenters. The van der Waals surface area contributed by atoms with Crippen molar-refractivity contribution in [1.82, 2.24) is 19.8 Å². The third kappa shape index (κ3) is 3.50. The molecule has 3 saturated heterocycles. The molecule has 2 bridgehead atoms. The Morgan fingerprint density at radius 3 is 2.37 bits per heavy atom. The number of nitrogens with one attached hydrogen (secondary N) is 1. The standard InChI is InChI=1S/C26H38N4/c1-2-4-8-19(7-3-1)18-29-21-11-12-22(29)16-23(15-21)30-25-10-6-5-9-24(25)28-26(30)20-13-14-27-17-20/h5-6,9-10,19-23,27H,1-4,7-8,11-18H2. The summed E-state index contributed by atoms with van der Waals surface area (Å²) < 4.78 is 2.70. The first kappa shape index (κ1) is 19.3. The van der Waals surface area contributed by atoms with Crippen molar-refractivity contribution in [3.05, 3.63) is 30.1 Å². The minimum absolute atomic E-state index is 0.582. The summed E-state index contributed by atoms with van der Waals surface area (Å²) in [5.41, 5.74) is 2.58. The zero-order chi connectivity index (χ0) is 19.9. The van der Waals surface area contributed by atoms with Gasteiger partial charge in [0.1, 0.15) is 5.82 Å². The fraction of sp³-hybridized carbons (Fsp3) is 0.731. The Labute approximate surface area is 181 Å². The predicted molar refractivity (Wildman–Crippen MR) is 123 cm³/mol. The van der Waals surface area contributed by atoms with Gasteiger partial charge in [-0.1, -0.05) is 37.8 Å². The van der Waals surface area contributed by atoms with Crippen molar-refractivity contribution in [2.24, 2.45) is 5.92 Å². The number of piperidine rings is 1. The van der Waals surface area contributed by atoms with Gasteiger partial charge in [-0.2, -0.15) is 0 Å². The van der Waals surface area contributed by atoms with Gasteiger partial charge in [0.25, 0.3) is 0 Å². The molecule has 4 heterocycles. The summed E-state index contributed by atoms with van der Waals surface area (Å²) >= 11 is 0. The number of imidazole rings is 1. The van der Waals surface area contributed by atoms with Crippen molar-refractivity contribution < 1.29 is 0 Å². The number of hydrogen-bond donors (Lipinski definition) is 1.